The first-order chi connectivity index (χ1) is 9.15. The van der Waals surface area contributed by atoms with Crippen LogP contribution in [0.25, 0.3) is 16.7 Å². The molecule has 0 bridgehead atoms. The summed E-state index contributed by atoms with van der Waals surface area (Å²) in [6, 6.07) is 9.67. The molecule has 2 N–H and O–H groups in total. The summed E-state index contributed by atoms with van der Waals surface area (Å²) in [4.78, 5) is 4.95. The summed E-state index contributed by atoms with van der Waals surface area (Å²) in [6.07, 6.45) is 3.71. The molecule has 0 radical (unpaired) electrons. The Bertz CT molecular complexity index is 776. The highest BCUT2D eigenvalue weighted by Gasteiger charge is 2.09. The summed E-state index contributed by atoms with van der Waals surface area (Å²) in [5.41, 5.74) is 8.56. The molecule has 0 amide bonds. The predicted octanol–water partition coefficient (Wildman–Crippen LogP) is 2.36. The Morgan fingerprint density at radius 3 is 2.79 bits per heavy atom. The Labute approximate surface area is 115 Å². The number of pyridine rings is 1. The van der Waals surface area contributed by atoms with E-state index >= 15 is 0 Å². The zero-order chi connectivity index (χ0) is 13.4. The molecule has 0 aliphatic heterocycles. The molecule has 2 heterocycles. The Hall–Kier alpha value is -2.27. The summed E-state index contributed by atoms with van der Waals surface area (Å²) >= 11 is 5.12. The van der Waals surface area contributed by atoms with Crippen molar-refractivity contribution in [3.05, 3.63) is 53.9 Å². The van der Waals surface area contributed by atoms with Crippen LogP contribution >= 0.6 is 12.2 Å². The lowest BCUT2D eigenvalue weighted by Gasteiger charge is -2.08. The summed E-state index contributed by atoms with van der Waals surface area (Å²) in [5, 5.41) is 5.22. The highest BCUT2D eigenvalue weighted by Crippen LogP contribution is 2.20. The third-order valence-corrected chi connectivity index (χ3v) is 3.13. The number of fused-ring (bicyclic) bond motifs is 1. The third-order valence-electron chi connectivity index (χ3n) is 2.91. The maximum atomic E-state index is 5.81. The lowest BCUT2D eigenvalue weighted by Crippen LogP contribution is -2.12. The van der Waals surface area contributed by atoms with E-state index in [-0.39, 0.29) is 0 Å². The fraction of sp³-hybridized carbons (Fsp3) is 0.0714. The molecule has 0 saturated heterocycles. The maximum absolute atomic E-state index is 5.81. The van der Waals surface area contributed by atoms with Crippen LogP contribution in [0.4, 0.5) is 0 Å². The number of aromatic nitrogens is 3. The number of hydrogen-bond acceptors (Lipinski definition) is 3. The maximum Gasteiger partial charge on any atom is 0.154 e. The first kappa shape index (κ1) is 11.8. The first-order valence-corrected chi connectivity index (χ1v) is 6.27. The van der Waals surface area contributed by atoms with Gasteiger partial charge >= 0.3 is 0 Å². The molecule has 0 aliphatic rings. The van der Waals surface area contributed by atoms with Crippen LogP contribution in [0.5, 0.6) is 0 Å². The van der Waals surface area contributed by atoms with Crippen LogP contribution in [0.15, 0.2) is 42.7 Å². The average molecular weight is 268 g/mol. The highest BCUT2D eigenvalue weighted by molar-refractivity contribution is 7.80. The largest absolute Gasteiger partial charge is 0.389 e. The molecule has 5 heteroatoms. The molecule has 0 atom stereocenters. The molecule has 0 fully saturated rings. The molecular formula is C14H12N4S. The van der Waals surface area contributed by atoms with Gasteiger partial charge in [0, 0.05) is 17.1 Å². The van der Waals surface area contributed by atoms with Crippen LogP contribution in [-0.2, 0) is 0 Å². The van der Waals surface area contributed by atoms with E-state index in [1.807, 2.05) is 43.5 Å². The number of thiocarbonyl (C=S) groups is 1. The monoisotopic (exact) mass is 268 g/mol. The normalized spacial score (nSPS) is 10.8. The number of nitrogens with zero attached hydrogens (tertiary/aromatic N) is 3. The van der Waals surface area contributed by atoms with Crippen LogP contribution in [0.2, 0.25) is 0 Å². The molecule has 2 aromatic heterocycles. The van der Waals surface area contributed by atoms with Crippen molar-refractivity contribution in [2.45, 2.75) is 6.92 Å². The minimum atomic E-state index is 0.365. The van der Waals surface area contributed by atoms with E-state index < -0.39 is 0 Å². The van der Waals surface area contributed by atoms with Gasteiger partial charge in [0.2, 0.25) is 0 Å². The number of hydrogen-bond donors (Lipinski definition) is 1. The summed E-state index contributed by atoms with van der Waals surface area (Å²) in [6.45, 7) is 1.99. The van der Waals surface area contributed by atoms with Gasteiger partial charge in [-0.25, -0.2) is 9.67 Å². The highest BCUT2D eigenvalue weighted by atomic mass is 32.1. The topological polar surface area (TPSA) is 56.7 Å². The van der Waals surface area contributed by atoms with Crippen molar-refractivity contribution >= 4 is 28.1 Å². The molecule has 3 rings (SSSR count). The number of para-hydroxylation sites is 1. The molecule has 3 aromatic rings. The summed E-state index contributed by atoms with van der Waals surface area (Å²) in [7, 11) is 0. The van der Waals surface area contributed by atoms with Crippen molar-refractivity contribution in [3.63, 3.8) is 0 Å². The smallest absolute Gasteiger partial charge is 0.154 e. The lowest BCUT2D eigenvalue weighted by atomic mass is 10.1. The summed E-state index contributed by atoms with van der Waals surface area (Å²) < 4.78 is 1.73. The second kappa shape index (κ2) is 4.44. The molecule has 94 valence electrons. The van der Waals surface area contributed by atoms with Crippen LogP contribution < -0.4 is 5.73 Å². The predicted molar refractivity (Wildman–Crippen MR) is 79.5 cm³/mol. The van der Waals surface area contributed by atoms with Crippen LogP contribution in [0.1, 0.15) is 11.1 Å². The van der Waals surface area contributed by atoms with E-state index in [0.29, 0.717) is 4.99 Å². The second-order valence-corrected chi connectivity index (χ2v) is 4.81. The Balaban J connectivity index is 2.30. The lowest BCUT2D eigenvalue weighted by molar-refractivity contribution is 0.852. The Morgan fingerprint density at radius 1 is 1.32 bits per heavy atom. The van der Waals surface area contributed by atoms with E-state index in [1.54, 1.807) is 10.9 Å². The Kier molecular flexibility index (Phi) is 2.76. The van der Waals surface area contributed by atoms with Crippen LogP contribution in [-0.4, -0.2) is 19.8 Å². The fourth-order valence-electron chi connectivity index (χ4n) is 2.02. The zero-order valence-corrected chi connectivity index (χ0v) is 11.2. The molecule has 0 saturated carbocycles. The number of nitrogens with two attached hydrogens (primary N) is 1. The van der Waals surface area contributed by atoms with Crippen LogP contribution in [0.3, 0.4) is 0 Å². The second-order valence-electron chi connectivity index (χ2n) is 4.37. The number of benzene rings is 1. The molecule has 0 aliphatic carbocycles. The summed E-state index contributed by atoms with van der Waals surface area (Å²) in [5.74, 6) is 0.717. The van der Waals surface area contributed by atoms with Crippen molar-refractivity contribution in [2.75, 3.05) is 0 Å². The standard InChI is InChI=1S/C14H12N4S/c1-9-7-16-18(8-9)13-6-11(14(15)19)10-4-2-3-5-12(10)17-13/h2-8H,1H3,(H2,15,19). The molecule has 19 heavy (non-hydrogen) atoms. The number of rotatable bonds is 2. The van der Waals surface area contributed by atoms with Gasteiger partial charge in [-0.3, -0.25) is 0 Å². The van der Waals surface area contributed by atoms with Gasteiger partial charge in [0.05, 0.1) is 11.7 Å². The van der Waals surface area contributed by atoms with Crippen molar-refractivity contribution in [1.82, 2.24) is 14.8 Å². The van der Waals surface area contributed by atoms with E-state index in [9.17, 15) is 0 Å². The van der Waals surface area contributed by atoms with Gasteiger partial charge in [-0.1, -0.05) is 30.4 Å². The molecular weight excluding hydrogens is 256 g/mol. The van der Waals surface area contributed by atoms with Gasteiger partial charge in [-0.15, -0.1) is 0 Å². The van der Waals surface area contributed by atoms with Gasteiger partial charge in [0.25, 0.3) is 0 Å². The zero-order valence-electron chi connectivity index (χ0n) is 10.4. The quantitative estimate of drug-likeness (QED) is 0.725. The third kappa shape index (κ3) is 2.08. The van der Waals surface area contributed by atoms with Gasteiger partial charge in [-0.2, -0.15) is 5.10 Å². The SMILES string of the molecule is Cc1cnn(-c2cc(C(N)=S)c3ccccc3n2)c1. The van der Waals surface area contributed by atoms with Crippen LogP contribution in [0, 0.1) is 6.92 Å². The minimum Gasteiger partial charge on any atom is -0.389 e. The van der Waals surface area contributed by atoms with Crippen molar-refractivity contribution in [3.8, 4) is 5.82 Å². The van der Waals surface area contributed by atoms with Gasteiger partial charge < -0.3 is 5.73 Å². The molecule has 1 aromatic carbocycles. The van der Waals surface area contributed by atoms with Gasteiger partial charge in [-0.05, 0) is 24.6 Å². The average Bonchev–Trinajstić information content (AvgIpc) is 2.84. The van der Waals surface area contributed by atoms with Crippen molar-refractivity contribution in [1.29, 1.82) is 0 Å². The number of aryl methyl sites for hydroxylation is 1. The van der Waals surface area contributed by atoms with E-state index in [1.165, 1.54) is 0 Å². The van der Waals surface area contributed by atoms with Crippen molar-refractivity contribution < 1.29 is 0 Å². The van der Waals surface area contributed by atoms with E-state index in [0.717, 1.165) is 27.8 Å². The Morgan fingerprint density at radius 2 is 2.11 bits per heavy atom. The fourth-order valence-corrected chi connectivity index (χ4v) is 2.19. The van der Waals surface area contributed by atoms with E-state index in [2.05, 4.69) is 10.1 Å². The molecule has 0 unspecified atom stereocenters. The van der Waals surface area contributed by atoms with Crippen molar-refractivity contribution in [2.24, 2.45) is 5.73 Å². The minimum absolute atomic E-state index is 0.365. The van der Waals surface area contributed by atoms with Gasteiger partial charge in [0.15, 0.2) is 5.82 Å². The van der Waals surface area contributed by atoms with Gasteiger partial charge in [0.1, 0.15) is 4.99 Å². The van der Waals surface area contributed by atoms with E-state index in [4.69, 9.17) is 18.0 Å². The molecule has 0 spiro atoms. The molecule has 4 nitrogen and oxygen atoms in total. The first-order valence-electron chi connectivity index (χ1n) is 5.86.